The summed E-state index contributed by atoms with van der Waals surface area (Å²) in [6.45, 7) is 6.19. The van der Waals surface area contributed by atoms with Crippen LogP contribution < -0.4 is 0 Å². The van der Waals surface area contributed by atoms with Crippen molar-refractivity contribution in [3.05, 3.63) is 86.0 Å². The number of ether oxygens (including phenoxy) is 1. The first-order valence-electron chi connectivity index (χ1n) is 11.8. The second kappa shape index (κ2) is 12.6. The van der Waals surface area contributed by atoms with Gasteiger partial charge in [0.1, 0.15) is 15.4 Å². The Labute approximate surface area is 228 Å². The van der Waals surface area contributed by atoms with Crippen molar-refractivity contribution in [2.24, 2.45) is 0 Å². The van der Waals surface area contributed by atoms with Gasteiger partial charge in [-0.15, -0.1) is 11.3 Å². The first-order chi connectivity index (χ1) is 17.0. The number of aryl methyl sites for hydroxylation is 2. The van der Waals surface area contributed by atoms with E-state index in [-0.39, 0.29) is 15.9 Å². The summed E-state index contributed by atoms with van der Waals surface area (Å²) in [6, 6.07) is 17.8. The van der Waals surface area contributed by atoms with E-state index in [1.807, 2.05) is 51.1 Å². The monoisotopic (exact) mass is 567 g/mol. The predicted molar refractivity (Wildman–Crippen MR) is 148 cm³/mol. The molecule has 36 heavy (non-hydrogen) atoms. The SMILES string of the molecule is CC(C)(C)OC(=O)c1ccc(CCCN(CCCc2cccc(Cl)c2)S(=O)(=O)c2ccccc2Cl)s1. The molecular weight excluding hydrogens is 537 g/mol. The lowest BCUT2D eigenvalue weighted by atomic mass is 10.1. The fourth-order valence-electron chi connectivity index (χ4n) is 3.68. The number of hydrogen-bond donors (Lipinski definition) is 0. The zero-order valence-electron chi connectivity index (χ0n) is 20.7. The van der Waals surface area contributed by atoms with Gasteiger partial charge in [-0.25, -0.2) is 13.2 Å². The molecule has 1 heterocycles. The standard InChI is InChI=1S/C27H31Cl2NO4S2/c1-27(2,3)34-26(31)24-16-15-22(35-24)12-8-18-30(17-7-10-20-9-6-11-21(28)19-20)36(32,33)25-14-5-4-13-23(25)29/h4-6,9,11,13-16,19H,7-8,10,12,17-18H2,1-3H3. The summed E-state index contributed by atoms with van der Waals surface area (Å²) in [4.78, 5) is 14.0. The van der Waals surface area contributed by atoms with Crippen LogP contribution in [0, 0.1) is 0 Å². The largest absolute Gasteiger partial charge is 0.456 e. The third-order valence-corrected chi connectivity index (χ3v) is 9.07. The molecule has 3 aromatic rings. The Balaban J connectivity index is 1.67. The normalized spacial score (nSPS) is 12.2. The molecule has 2 aromatic carbocycles. The van der Waals surface area contributed by atoms with Gasteiger partial charge in [0.2, 0.25) is 10.0 Å². The van der Waals surface area contributed by atoms with E-state index in [0.29, 0.717) is 48.7 Å². The molecule has 0 aliphatic rings. The highest BCUT2D eigenvalue weighted by Gasteiger charge is 2.26. The number of nitrogens with zero attached hydrogens (tertiary/aromatic N) is 1. The summed E-state index contributed by atoms with van der Waals surface area (Å²) in [6.07, 6.45) is 2.61. The van der Waals surface area contributed by atoms with Crippen LogP contribution >= 0.6 is 34.5 Å². The average Bonchev–Trinajstić information content (AvgIpc) is 3.26. The molecule has 5 nitrogen and oxygen atoms in total. The van der Waals surface area contributed by atoms with Crippen LogP contribution in [-0.2, 0) is 27.6 Å². The van der Waals surface area contributed by atoms with E-state index in [9.17, 15) is 13.2 Å². The van der Waals surface area contributed by atoms with E-state index in [1.54, 1.807) is 24.3 Å². The van der Waals surface area contributed by atoms with Crippen LogP contribution in [0.4, 0.5) is 0 Å². The molecule has 0 atom stereocenters. The number of sulfonamides is 1. The summed E-state index contributed by atoms with van der Waals surface area (Å²) in [5.41, 5.74) is 0.505. The Morgan fingerprint density at radius 3 is 2.31 bits per heavy atom. The van der Waals surface area contributed by atoms with Gasteiger partial charge in [0.05, 0.1) is 5.02 Å². The van der Waals surface area contributed by atoms with Crippen LogP contribution in [0.1, 0.15) is 53.7 Å². The number of carbonyl (C=O) groups is 1. The number of thiophene rings is 1. The summed E-state index contributed by atoms with van der Waals surface area (Å²) < 4.78 is 33.9. The second-order valence-corrected chi connectivity index (χ2v) is 13.4. The van der Waals surface area contributed by atoms with Crippen molar-refractivity contribution in [1.29, 1.82) is 0 Å². The topological polar surface area (TPSA) is 63.7 Å². The van der Waals surface area contributed by atoms with Crippen molar-refractivity contribution in [3.63, 3.8) is 0 Å². The van der Waals surface area contributed by atoms with Gasteiger partial charge in [-0.05, 0) is 88.4 Å². The van der Waals surface area contributed by atoms with Gasteiger partial charge in [0.25, 0.3) is 0 Å². The van der Waals surface area contributed by atoms with Gasteiger partial charge in [-0.3, -0.25) is 0 Å². The molecule has 9 heteroatoms. The molecule has 0 amide bonds. The first kappa shape index (κ1) is 28.7. The molecule has 0 N–H and O–H groups in total. The van der Waals surface area contributed by atoms with E-state index in [4.69, 9.17) is 27.9 Å². The van der Waals surface area contributed by atoms with Crippen molar-refractivity contribution < 1.29 is 17.9 Å². The maximum absolute atomic E-state index is 13.5. The summed E-state index contributed by atoms with van der Waals surface area (Å²) in [7, 11) is -3.77. The van der Waals surface area contributed by atoms with Gasteiger partial charge in [-0.1, -0.05) is 47.5 Å². The lowest BCUT2D eigenvalue weighted by Crippen LogP contribution is -2.33. The van der Waals surface area contributed by atoms with Crippen LogP contribution in [0.25, 0.3) is 0 Å². The van der Waals surface area contributed by atoms with Crippen molar-refractivity contribution in [2.45, 2.75) is 57.0 Å². The average molecular weight is 569 g/mol. The van der Waals surface area contributed by atoms with E-state index in [0.717, 1.165) is 10.4 Å². The maximum atomic E-state index is 13.5. The minimum Gasteiger partial charge on any atom is -0.456 e. The van der Waals surface area contributed by atoms with Gasteiger partial charge < -0.3 is 4.74 Å². The molecule has 0 aliphatic carbocycles. The molecule has 0 spiro atoms. The second-order valence-electron chi connectivity index (χ2n) is 9.44. The lowest BCUT2D eigenvalue weighted by Gasteiger charge is -2.23. The Bertz CT molecular complexity index is 1280. The minimum absolute atomic E-state index is 0.109. The highest BCUT2D eigenvalue weighted by Crippen LogP contribution is 2.26. The number of benzene rings is 2. The van der Waals surface area contributed by atoms with Crippen molar-refractivity contribution in [3.8, 4) is 0 Å². The number of hydrogen-bond acceptors (Lipinski definition) is 5. The van der Waals surface area contributed by atoms with E-state index in [1.165, 1.54) is 21.7 Å². The molecule has 0 fully saturated rings. The molecule has 0 saturated carbocycles. The highest BCUT2D eigenvalue weighted by molar-refractivity contribution is 7.89. The third-order valence-electron chi connectivity index (χ3n) is 5.31. The van der Waals surface area contributed by atoms with Gasteiger partial charge in [0.15, 0.2) is 0 Å². The number of carbonyl (C=O) groups excluding carboxylic acids is 1. The molecular formula is C27H31Cl2NO4S2. The summed E-state index contributed by atoms with van der Waals surface area (Å²) in [5.74, 6) is -0.345. The zero-order chi connectivity index (χ0) is 26.3. The molecule has 1 aromatic heterocycles. The zero-order valence-corrected chi connectivity index (χ0v) is 23.8. The fraction of sp³-hybridized carbons (Fsp3) is 0.370. The smallest absolute Gasteiger partial charge is 0.348 e. The summed E-state index contributed by atoms with van der Waals surface area (Å²) in [5, 5.41) is 0.868. The van der Waals surface area contributed by atoms with E-state index >= 15 is 0 Å². The van der Waals surface area contributed by atoms with Crippen molar-refractivity contribution >= 4 is 50.5 Å². The molecule has 0 saturated heterocycles. The molecule has 0 radical (unpaired) electrons. The Kier molecular flexibility index (Phi) is 10.0. The molecule has 0 bridgehead atoms. The first-order valence-corrected chi connectivity index (χ1v) is 14.8. The predicted octanol–water partition coefficient (Wildman–Crippen LogP) is 7.27. The third kappa shape index (κ3) is 8.32. The van der Waals surface area contributed by atoms with Crippen LogP contribution in [-0.4, -0.2) is 37.4 Å². The Hall–Kier alpha value is -1.90. The molecule has 194 valence electrons. The fourth-order valence-corrected chi connectivity index (χ4v) is 6.83. The van der Waals surface area contributed by atoms with E-state index in [2.05, 4.69) is 0 Å². The highest BCUT2D eigenvalue weighted by atomic mass is 35.5. The van der Waals surface area contributed by atoms with Crippen molar-refractivity contribution in [2.75, 3.05) is 13.1 Å². The summed E-state index contributed by atoms with van der Waals surface area (Å²) >= 11 is 13.7. The maximum Gasteiger partial charge on any atom is 0.348 e. The molecule has 3 rings (SSSR count). The number of halogens is 2. The Morgan fingerprint density at radius 1 is 0.944 bits per heavy atom. The van der Waals surface area contributed by atoms with Crippen molar-refractivity contribution in [1.82, 2.24) is 4.31 Å². The number of esters is 1. The molecule has 0 unspecified atom stereocenters. The van der Waals surface area contributed by atoms with Gasteiger partial charge in [-0.2, -0.15) is 4.31 Å². The molecule has 0 aliphatic heterocycles. The van der Waals surface area contributed by atoms with Crippen LogP contribution in [0.3, 0.4) is 0 Å². The van der Waals surface area contributed by atoms with Crippen LogP contribution in [0.5, 0.6) is 0 Å². The van der Waals surface area contributed by atoms with Crippen LogP contribution in [0.15, 0.2) is 65.6 Å². The van der Waals surface area contributed by atoms with Gasteiger partial charge in [0, 0.05) is 23.0 Å². The van der Waals surface area contributed by atoms with E-state index < -0.39 is 15.6 Å². The van der Waals surface area contributed by atoms with Crippen LogP contribution in [0.2, 0.25) is 10.0 Å². The minimum atomic E-state index is -3.77. The number of rotatable bonds is 11. The lowest BCUT2D eigenvalue weighted by molar-refractivity contribution is 0.00752. The quantitative estimate of drug-likeness (QED) is 0.228. The Morgan fingerprint density at radius 2 is 1.64 bits per heavy atom. The van der Waals surface area contributed by atoms with Gasteiger partial charge >= 0.3 is 5.97 Å².